The van der Waals surface area contributed by atoms with Crippen LogP contribution in [0, 0.1) is 0 Å². The van der Waals surface area contributed by atoms with Crippen molar-refractivity contribution in [2.24, 2.45) is 0 Å². The van der Waals surface area contributed by atoms with Crippen LogP contribution in [0.25, 0.3) is 0 Å². The van der Waals surface area contributed by atoms with E-state index in [2.05, 4.69) is 5.32 Å². The van der Waals surface area contributed by atoms with E-state index in [1.54, 1.807) is 36.4 Å². The highest BCUT2D eigenvalue weighted by molar-refractivity contribution is 6.56. The lowest BCUT2D eigenvalue weighted by atomic mass is 10.0. The maximum Gasteiger partial charge on any atom is 0.348 e. The van der Waals surface area contributed by atoms with Crippen LogP contribution >= 0.6 is 34.8 Å². The number of amides is 1. The number of benzene rings is 2. The zero-order valence-electron chi connectivity index (χ0n) is 11.7. The summed E-state index contributed by atoms with van der Waals surface area (Å²) in [6.07, 6.45) is 0. The predicted molar refractivity (Wildman–Crippen MR) is 90.0 cm³/mol. The molecular formula is C16H12Cl3NO3. The van der Waals surface area contributed by atoms with Crippen molar-refractivity contribution in [2.75, 3.05) is 0 Å². The molecule has 0 radical (unpaired) electrons. The van der Waals surface area contributed by atoms with Gasteiger partial charge >= 0.3 is 5.97 Å². The van der Waals surface area contributed by atoms with Crippen molar-refractivity contribution in [3.63, 3.8) is 0 Å². The lowest BCUT2D eigenvalue weighted by Gasteiger charge is -2.35. The Morgan fingerprint density at radius 3 is 1.83 bits per heavy atom. The molecule has 0 spiro atoms. The number of hydrogen-bond acceptors (Lipinski definition) is 2. The number of aliphatic carboxylic acids is 1. The topological polar surface area (TPSA) is 66.4 Å². The molecule has 0 aliphatic carbocycles. The van der Waals surface area contributed by atoms with Gasteiger partial charge in [-0.05, 0) is 17.7 Å². The van der Waals surface area contributed by atoms with E-state index in [4.69, 9.17) is 34.8 Å². The normalized spacial score (nSPS) is 13.9. The van der Waals surface area contributed by atoms with Crippen molar-refractivity contribution in [2.45, 2.75) is 9.33 Å². The quantitative estimate of drug-likeness (QED) is 0.620. The van der Waals surface area contributed by atoms with Gasteiger partial charge in [0, 0.05) is 5.56 Å². The molecule has 0 aromatic heterocycles. The number of carboxylic acid groups (broad SMARTS) is 1. The lowest BCUT2D eigenvalue weighted by Crippen LogP contribution is -2.59. The summed E-state index contributed by atoms with van der Waals surface area (Å²) >= 11 is 18.6. The van der Waals surface area contributed by atoms with Gasteiger partial charge in [0.15, 0.2) is 4.33 Å². The van der Waals surface area contributed by atoms with E-state index >= 15 is 0 Å². The minimum atomic E-state index is -2.45. The lowest BCUT2D eigenvalue weighted by molar-refractivity contribution is -0.141. The number of carbonyl (C=O) groups excluding carboxylic acids is 1. The molecule has 23 heavy (non-hydrogen) atoms. The Morgan fingerprint density at radius 2 is 1.35 bits per heavy atom. The third-order valence-electron chi connectivity index (χ3n) is 3.19. The Hall–Kier alpha value is -1.75. The largest absolute Gasteiger partial charge is 0.478 e. The highest BCUT2D eigenvalue weighted by atomic mass is 35.5. The van der Waals surface area contributed by atoms with Gasteiger partial charge in [-0.1, -0.05) is 83.3 Å². The molecule has 1 amide bonds. The van der Waals surface area contributed by atoms with Crippen molar-refractivity contribution >= 4 is 46.7 Å². The third-order valence-corrected chi connectivity index (χ3v) is 4.92. The zero-order chi connectivity index (χ0) is 17.1. The molecule has 0 bridgehead atoms. The third kappa shape index (κ3) is 3.44. The van der Waals surface area contributed by atoms with Crippen molar-refractivity contribution in [3.8, 4) is 0 Å². The molecule has 0 fully saturated rings. The van der Waals surface area contributed by atoms with Gasteiger partial charge < -0.3 is 10.4 Å². The molecule has 0 aliphatic heterocycles. The predicted octanol–water partition coefficient (Wildman–Crippen LogP) is 3.77. The average molecular weight is 373 g/mol. The standard InChI is InChI=1S/C16H12Cl3NO3/c17-15(18,12-9-5-2-6-10-12)16(19,14(22)23)20-13(21)11-7-3-1-4-8-11/h1-10H,(H,20,21)(H,22,23)/t16-/m1/s1. The fourth-order valence-corrected chi connectivity index (χ4v) is 2.63. The summed E-state index contributed by atoms with van der Waals surface area (Å²) < 4.78 is -2.09. The smallest absolute Gasteiger partial charge is 0.348 e. The molecule has 2 N–H and O–H groups in total. The van der Waals surface area contributed by atoms with Crippen LogP contribution in [-0.4, -0.2) is 22.0 Å². The first-order chi connectivity index (χ1) is 10.8. The van der Waals surface area contributed by atoms with Gasteiger partial charge in [-0.3, -0.25) is 4.79 Å². The second-order valence-electron chi connectivity index (χ2n) is 4.72. The Labute approximate surface area is 148 Å². The molecule has 0 aliphatic rings. The van der Waals surface area contributed by atoms with Crippen molar-refractivity contribution in [1.82, 2.24) is 5.32 Å². The molecule has 0 heterocycles. The Kier molecular flexibility index (Phi) is 5.19. The summed E-state index contributed by atoms with van der Waals surface area (Å²) in [6.45, 7) is 0. The first-order valence-electron chi connectivity index (χ1n) is 6.52. The van der Waals surface area contributed by atoms with Crippen LogP contribution in [0.15, 0.2) is 60.7 Å². The summed E-state index contributed by atoms with van der Waals surface area (Å²) in [5.41, 5.74) is 0.477. The second-order valence-corrected chi connectivity index (χ2v) is 6.62. The number of carbonyl (C=O) groups is 2. The number of nitrogens with one attached hydrogen (secondary N) is 1. The van der Waals surface area contributed by atoms with E-state index in [1.807, 2.05) is 0 Å². The Balaban J connectivity index is 2.40. The van der Waals surface area contributed by atoms with Crippen LogP contribution in [0.2, 0.25) is 0 Å². The molecular weight excluding hydrogens is 361 g/mol. The van der Waals surface area contributed by atoms with Gasteiger partial charge in [0.1, 0.15) is 0 Å². The van der Waals surface area contributed by atoms with Gasteiger partial charge in [0.25, 0.3) is 10.9 Å². The Bertz CT molecular complexity index is 707. The molecule has 2 aromatic rings. The van der Waals surface area contributed by atoms with Crippen LogP contribution in [0.4, 0.5) is 0 Å². The molecule has 2 aromatic carbocycles. The molecule has 7 heteroatoms. The van der Waals surface area contributed by atoms with Gasteiger partial charge in [-0.25, -0.2) is 4.79 Å². The summed E-state index contributed by atoms with van der Waals surface area (Å²) in [7, 11) is 0. The minimum Gasteiger partial charge on any atom is -0.478 e. The number of rotatable bonds is 5. The first kappa shape index (κ1) is 17.6. The van der Waals surface area contributed by atoms with Crippen LogP contribution in [0.1, 0.15) is 15.9 Å². The minimum absolute atomic E-state index is 0.232. The maximum absolute atomic E-state index is 12.3. The highest BCUT2D eigenvalue weighted by Crippen LogP contribution is 2.46. The van der Waals surface area contributed by atoms with E-state index in [1.165, 1.54) is 24.3 Å². The van der Waals surface area contributed by atoms with Crippen molar-refractivity contribution < 1.29 is 14.7 Å². The average Bonchev–Trinajstić information content (AvgIpc) is 2.56. The second kappa shape index (κ2) is 6.79. The number of alkyl halides is 3. The summed E-state index contributed by atoms with van der Waals surface area (Å²) in [6, 6.07) is 16.0. The van der Waals surface area contributed by atoms with E-state index in [0.29, 0.717) is 0 Å². The van der Waals surface area contributed by atoms with Gasteiger partial charge in [-0.2, -0.15) is 0 Å². The Morgan fingerprint density at radius 1 is 0.870 bits per heavy atom. The van der Waals surface area contributed by atoms with E-state index < -0.39 is 21.2 Å². The van der Waals surface area contributed by atoms with E-state index in [9.17, 15) is 14.7 Å². The molecule has 0 saturated heterocycles. The number of carboxylic acids is 1. The zero-order valence-corrected chi connectivity index (χ0v) is 13.9. The van der Waals surface area contributed by atoms with Crippen molar-refractivity contribution in [1.29, 1.82) is 0 Å². The van der Waals surface area contributed by atoms with E-state index in [-0.39, 0.29) is 11.1 Å². The monoisotopic (exact) mass is 371 g/mol. The molecule has 4 nitrogen and oxygen atoms in total. The fraction of sp³-hybridized carbons (Fsp3) is 0.125. The molecule has 120 valence electrons. The molecule has 0 unspecified atom stereocenters. The summed E-state index contributed by atoms with van der Waals surface area (Å²) in [5.74, 6) is -2.28. The van der Waals surface area contributed by atoms with Crippen LogP contribution in [0.3, 0.4) is 0 Å². The van der Waals surface area contributed by atoms with Gasteiger partial charge in [0.2, 0.25) is 0 Å². The summed E-state index contributed by atoms with van der Waals surface area (Å²) in [5, 5.41) is 11.7. The SMILES string of the molecule is O=C(N[C@](Cl)(C(=O)O)C(Cl)(Cl)c1ccccc1)c1ccccc1. The maximum atomic E-state index is 12.3. The molecule has 1 atom stereocenters. The number of hydrogen-bond donors (Lipinski definition) is 2. The molecule has 0 saturated carbocycles. The van der Waals surface area contributed by atoms with Crippen LogP contribution < -0.4 is 5.32 Å². The van der Waals surface area contributed by atoms with Gasteiger partial charge in [0.05, 0.1) is 0 Å². The van der Waals surface area contributed by atoms with Gasteiger partial charge in [-0.15, -0.1) is 0 Å². The van der Waals surface area contributed by atoms with Crippen LogP contribution in [-0.2, 0) is 9.13 Å². The number of halogens is 3. The first-order valence-corrected chi connectivity index (χ1v) is 7.65. The van der Waals surface area contributed by atoms with Crippen LogP contribution in [0.5, 0.6) is 0 Å². The summed E-state index contributed by atoms with van der Waals surface area (Å²) in [4.78, 5) is 21.5. The molecule has 2 rings (SSSR count). The fourth-order valence-electron chi connectivity index (χ4n) is 1.93. The van der Waals surface area contributed by atoms with Crippen molar-refractivity contribution in [3.05, 3.63) is 71.8 Å². The van der Waals surface area contributed by atoms with E-state index in [0.717, 1.165) is 0 Å². The highest BCUT2D eigenvalue weighted by Gasteiger charge is 2.57.